The van der Waals surface area contributed by atoms with Crippen molar-refractivity contribution in [3.05, 3.63) is 60.3 Å². The van der Waals surface area contributed by atoms with Crippen molar-refractivity contribution in [1.82, 2.24) is 15.1 Å². The standard InChI is InChI=1S/C20H24N4O/c25-14-20(15-5-2-1-3-6-15)24-10-4-7-18(13-24)22-17-8-9-19-16(11-17)12-21-23-19/h1-3,5-6,8-9,11-12,18,20,22,25H,4,7,10,13-14H2,(H,21,23). The SMILES string of the molecule is OCC(c1ccccc1)N1CCCC(Nc2ccc3[nH]ncc3c2)C1. The van der Waals surface area contributed by atoms with Gasteiger partial charge in [0.25, 0.3) is 0 Å². The molecule has 3 N–H and O–H groups in total. The van der Waals surface area contributed by atoms with Gasteiger partial charge in [-0.3, -0.25) is 10.00 Å². The lowest BCUT2D eigenvalue weighted by atomic mass is 9.99. The van der Waals surface area contributed by atoms with Crippen LogP contribution >= 0.6 is 0 Å². The van der Waals surface area contributed by atoms with Crippen LogP contribution in [0.2, 0.25) is 0 Å². The van der Waals surface area contributed by atoms with Crippen molar-refractivity contribution in [2.24, 2.45) is 0 Å². The third kappa shape index (κ3) is 3.52. The van der Waals surface area contributed by atoms with Gasteiger partial charge < -0.3 is 10.4 Å². The summed E-state index contributed by atoms with van der Waals surface area (Å²) >= 11 is 0. The van der Waals surface area contributed by atoms with E-state index >= 15 is 0 Å². The van der Waals surface area contributed by atoms with Crippen LogP contribution in [0.15, 0.2) is 54.7 Å². The van der Waals surface area contributed by atoms with Crippen LogP contribution in [0.1, 0.15) is 24.4 Å². The molecule has 2 unspecified atom stereocenters. The van der Waals surface area contributed by atoms with Crippen molar-refractivity contribution in [2.45, 2.75) is 24.9 Å². The van der Waals surface area contributed by atoms with E-state index in [1.165, 1.54) is 5.56 Å². The summed E-state index contributed by atoms with van der Waals surface area (Å²) in [6, 6.07) is 17.1. The van der Waals surface area contributed by atoms with Gasteiger partial charge in [0.2, 0.25) is 0 Å². The zero-order valence-electron chi connectivity index (χ0n) is 14.2. The highest BCUT2D eigenvalue weighted by molar-refractivity contribution is 5.81. The van der Waals surface area contributed by atoms with Crippen molar-refractivity contribution in [2.75, 3.05) is 25.0 Å². The topological polar surface area (TPSA) is 64.2 Å². The summed E-state index contributed by atoms with van der Waals surface area (Å²) in [7, 11) is 0. The van der Waals surface area contributed by atoms with Crippen LogP contribution in [0, 0.1) is 0 Å². The highest BCUT2D eigenvalue weighted by Crippen LogP contribution is 2.26. The number of fused-ring (bicyclic) bond motifs is 1. The maximum Gasteiger partial charge on any atom is 0.0651 e. The van der Waals surface area contributed by atoms with Gasteiger partial charge in [0.05, 0.1) is 24.4 Å². The molecule has 5 nitrogen and oxygen atoms in total. The fourth-order valence-corrected chi connectivity index (χ4v) is 3.78. The third-order valence-corrected chi connectivity index (χ3v) is 5.06. The van der Waals surface area contributed by atoms with Gasteiger partial charge in [-0.05, 0) is 43.1 Å². The number of aliphatic hydroxyl groups is 1. The van der Waals surface area contributed by atoms with E-state index in [9.17, 15) is 5.11 Å². The van der Waals surface area contributed by atoms with Gasteiger partial charge in [0, 0.05) is 23.7 Å². The summed E-state index contributed by atoms with van der Waals surface area (Å²) in [6.07, 6.45) is 4.13. The molecule has 1 aromatic heterocycles. The van der Waals surface area contributed by atoms with E-state index in [0.717, 1.165) is 42.5 Å². The number of hydrogen-bond acceptors (Lipinski definition) is 4. The average molecular weight is 336 g/mol. The van der Waals surface area contributed by atoms with Crippen LogP contribution in [-0.2, 0) is 0 Å². The number of rotatable bonds is 5. The molecule has 0 radical (unpaired) electrons. The lowest BCUT2D eigenvalue weighted by molar-refractivity contribution is 0.0993. The number of aliphatic hydroxyl groups excluding tert-OH is 1. The van der Waals surface area contributed by atoms with E-state index in [1.807, 2.05) is 24.4 Å². The highest BCUT2D eigenvalue weighted by atomic mass is 16.3. The van der Waals surface area contributed by atoms with Crippen LogP contribution in [0.5, 0.6) is 0 Å². The second-order valence-corrected chi connectivity index (χ2v) is 6.76. The molecule has 1 fully saturated rings. The van der Waals surface area contributed by atoms with Crippen LogP contribution in [0.3, 0.4) is 0 Å². The second kappa shape index (κ2) is 7.25. The lowest BCUT2D eigenvalue weighted by Crippen LogP contribution is -2.44. The summed E-state index contributed by atoms with van der Waals surface area (Å²) in [5, 5.41) is 21.8. The van der Waals surface area contributed by atoms with Gasteiger partial charge in [-0.15, -0.1) is 0 Å². The summed E-state index contributed by atoms with van der Waals surface area (Å²) in [6.45, 7) is 2.11. The quantitative estimate of drug-likeness (QED) is 0.670. The minimum absolute atomic E-state index is 0.0714. The largest absolute Gasteiger partial charge is 0.394 e. The van der Waals surface area contributed by atoms with Gasteiger partial charge in [-0.2, -0.15) is 5.10 Å². The first kappa shape index (κ1) is 16.1. The van der Waals surface area contributed by atoms with E-state index in [0.29, 0.717) is 6.04 Å². The molecule has 2 atom stereocenters. The van der Waals surface area contributed by atoms with Crippen molar-refractivity contribution >= 4 is 16.6 Å². The van der Waals surface area contributed by atoms with Crippen molar-refractivity contribution in [1.29, 1.82) is 0 Å². The Morgan fingerprint density at radius 3 is 2.96 bits per heavy atom. The monoisotopic (exact) mass is 336 g/mol. The van der Waals surface area contributed by atoms with Crippen LogP contribution in [-0.4, -0.2) is 45.9 Å². The molecular weight excluding hydrogens is 312 g/mol. The first-order valence-electron chi connectivity index (χ1n) is 8.93. The molecular formula is C20H24N4O. The maximum absolute atomic E-state index is 9.93. The van der Waals surface area contributed by atoms with E-state index in [2.05, 4.69) is 50.7 Å². The Bertz CT molecular complexity index is 817. The molecule has 2 aromatic carbocycles. The van der Waals surface area contributed by atoms with Crippen molar-refractivity contribution < 1.29 is 5.11 Å². The summed E-state index contributed by atoms with van der Waals surface area (Å²) in [4.78, 5) is 2.40. The van der Waals surface area contributed by atoms with Gasteiger partial charge in [0.15, 0.2) is 0 Å². The number of nitrogens with one attached hydrogen (secondary N) is 2. The van der Waals surface area contributed by atoms with Gasteiger partial charge in [-0.25, -0.2) is 0 Å². The first-order valence-corrected chi connectivity index (χ1v) is 8.93. The molecule has 2 heterocycles. The van der Waals surface area contributed by atoms with Crippen molar-refractivity contribution in [3.63, 3.8) is 0 Å². The van der Waals surface area contributed by atoms with E-state index in [1.54, 1.807) is 0 Å². The Kier molecular flexibility index (Phi) is 4.68. The van der Waals surface area contributed by atoms with Crippen LogP contribution < -0.4 is 5.32 Å². The number of aromatic nitrogens is 2. The summed E-state index contributed by atoms with van der Waals surface area (Å²) in [5.74, 6) is 0. The molecule has 4 rings (SSSR count). The molecule has 0 saturated carbocycles. The molecule has 0 aliphatic carbocycles. The Balaban J connectivity index is 1.46. The smallest absolute Gasteiger partial charge is 0.0651 e. The zero-order valence-corrected chi connectivity index (χ0v) is 14.2. The molecule has 1 aliphatic rings. The van der Waals surface area contributed by atoms with E-state index in [4.69, 9.17) is 0 Å². The Morgan fingerprint density at radius 1 is 1.24 bits per heavy atom. The molecule has 1 saturated heterocycles. The Labute approximate surface area is 147 Å². The number of nitrogens with zero attached hydrogens (tertiary/aromatic N) is 2. The Morgan fingerprint density at radius 2 is 2.12 bits per heavy atom. The molecule has 1 aliphatic heterocycles. The number of anilines is 1. The second-order valence-electron chi connectivity index (χ2n) is 6.76. The number of aromatic amines is 1. The summed E-state index contributed by atoms with van der Waals surface area (Å²) < 4.78 is 0. The predicted molar refractivity (Wildman–Crippen MR) is 101 cm³/mol. The number of likely N-dealkylation sites (tertiary alicyclic amines) is 1. The minimum atomic E-state index is 0.0714. The molecule has 3 aromatic rings. The van der Waals surface area contributed by atoms with Crippen LogP contribution in [0.4, 0.5) is 5.69 Å². The molecule has 0 spiro atoms. The fraction of sp³-hybridized carbons (Fsp3) is 0.350. The minimum Gasteiger partial charge on any atom is -0.394 e. The lowest BCUT2D eigenvalue weighted by Gasteiger charge is -2.38. The van der Waals surface area contributed by atoms with E-state index < -0.39 is 0 Å². The van der Waals surface area contributed by atoms with Gasteiger partial charge >= 0.3 is 0 Å². The van der Waals surface area contributed by atoms with Gasteiger partial charge in [-0.1, -0.05) is 30.3 Å². The number of piperidine rings is 1. The molecule has 0 bridgehead atoms. The number of H-pyrrole nitrogens is 1. The van der Waals surface area contributed by atoms with Crippen molar-refractivity contribution in [3.8, 4) is 0 Å². The highest BCUT2D eigenvalue weighted by Gasteiger charge is 2.26. The zero-order chi connectivity index (χ0) is 17.1. The fourth-order valence-electron chi connectivity index (χ4n) is 3.78. The maximum atomic E-state index is 9.93. The Hall–Kier alpha value is -2.37. The van der Waals surface area contributed by atoms with Crippen LogP contribution in [0.25, 0.3) is 10.9 Å². The summed E-state index contributed by atoms with van der Waals surface area (Å²) in [5.41, 5.74) is 3.37. The molecule has 130 valence electrons. The average Bonchev–Trinajstić information content (AvgIpc) is 3.11. The normalized spacial score (nSPS) is 19.8. The van der Waals surface area contributed by atoms with E-state index in [-0.39, 0.29) is 12.6 Å². The first-order chi connectivity index (χ1) is 12.3. The number of hydrogen-bond donors (Lipinski definition) is 3. The molecule has 0 amide bonds. The van der Waals surface area contributed by atoms with Gasteiger partial charge in [0.1, 0.15) is 0 Å². The molecule has 25 heavy (non-hydrogen) atoms. The number of benzene rings is 2. The molecule has 5 heteroatoms. The predicted octanol–water partition coefficient (Wildman–Crippen LogP) is 3.17. The third-order valence-electron chi connectivity index (χ3n) is 5.06.